The van der Waals surface area contributed by atoms with Crippen LogP contribution in [0.15, 0.2) is 66.9 Å². The molecule has 0 aliphatic heterocycles. The normalized spacial score (nSPS) is 10.2. The van der Waals surface area contributed by atoms with Gasteiger partial charge in [0, 0.05) is 35.6 Å². The van der Waals surface area contributed by atoms with Gasteiger partial charge in [0.25, 0.3) is 5.91 Å². The molecule has 0 aliphatic carbocycles. The molecule has 1 heterocycles. The zero-order chi connectivity index (χ0) is 18.4. The summed E-state index contributed by atoms with van der Waals surface area (Å²) in [7, 11) is 1.57. The van der Waals surface area contributed by atoms with E-state index in [2.05, 4.69) is 15.6 Å². The predicted molar refractivity (Wildman–Crippen MR) is 98.9 cm³/mol. The van der Waals surface area contributed by atoms with Gasteiger partial charge in [-0.25, -0.2) is 9.37 Å². The number of nitrogens with one attached hydrogen (secondary N) is 2. The Hall–Kier alpha value is -3.41. The van der Waals surface area contributed by atoms with Gasteiger partial charge in [0.2, 0.25) is 0 Å². The molecule has 2 N–H and O–H groups in total. The highest BCUT2D eigenvalue weighted by Gasteiger charge is 2.09. The van der Waals surface area contributed by atoms with Crippen LogP contribution in [0.4, 0.5) is 15.9 Å². The zero-order valence-corrected chi connectivity index (χ0v) is 14.2. The van der Waals surface area contributed by atoms with Crippen molar-refractivity contribution in [2.45, 2.75) is 6.54 Å². The first-order chi connectivity index (χ1) is 12.7. The number of hydrogen-bond donors (Lipinski definition) is 2. The van der Waals surface area contributed by atoms with Crippen molar-refractivity contribution in [2.75, 3.05) is 17.7 Å². The number of anilines is 2. The van der Waals surface area contributed by atoms with Crippen molar-refractivity contribution >= 4 is 17.4 Å². The lowest BCUT2D eigenvalue weighted by Crippen LogP contribution is -2.13. The molecule has 0 unspecified atom stereocenters. The molecule has 1 amide bonds. The van der Waals surface area contributed by atoms with Crippen LogP contribution in [0.5, 0.6) is 5.75 Å². The van der Waals surface area contributed by atoms with E-state index in [1.165, 1.54) is 12.3 Å². The lowest BCUT2D eigenvalue weighted by molar-refractivity contribution is 0.102. The maximum Gasteiger partial charge on any atom is 0.255 e. The summed E-state index contributed by atoms with van der Waals surface area (Å²) in [5.74, 6) is 0.595. The van der Waals surface area contributed by atoms with Gasteiger partial charge in [-0.15, -0.1) is 0 Å². The smallest absolute Gasteiger partial charge is 0.255 e. The molecule has 0 bridgehead atoms. The van der Waals surface area contributed by atoms with Crippen LogP contribution in [0.2, 0.25) is 0 Å². The summed E-state index contributed by atoms with van der Waals surface area (Å²) in [5.41, 5.74) is 1.60. The molecule has 132 valence electrons. The van der Waals surface area contributed by atoms with Crippen LogP contribution in [-0.2, 0) is 6.54 Å². The fraction of sp³-hybridized carbons (Fsp3) is 0.100. The Morgan fingerprint density at radius 1 is 1.12 bits per heavy atom. The second-order valence-electron chi connectivity index (χ2n) is 5.56. The van der Waals surface area contributed by atoms with E-state index >= 15 is 0 Å². The number of carbonyl (C=O) groups excluding carboxylic acids is 1. The molecule has 0 atom stereocenters. The average Bonchev–Trinajstić information content (AvgIpc) is 2.68. The third kappa shape index (κ3) is 4.36. The molecule has 0 saturated carbocycles. The summed E-state index contributed by atoms with van der Waals surface area (Å²) in [4.78, 5) is 16.6. The summed E-state index contributed by atoms with van der Waals surface area (Å²) < 4.78 is 18.8. The van der Waals surface area contributed by atoms with Gasteiger partial charge in [-0.2, -0.15) is 0 Å². The van der Waals surface area contributed by atoms with Gasteiger partial charge in [0.15, 0.2) is 0 Å². The maximum atomic E-state index is 13.7. The summed E-state index contributed by atoms with van der Waals surface area (Å²) >= 11 is 0. The third-order valence-corrected chi connectivity index (χ3v) is 3.77. The van der Waals surface area contributed by atoms with E-state index in [0.717, 1.165) is 0 Å². The van der Waals surface area contributed by atoms with E-state index < -0.39 is 0 Å². The fourth-order valence-corrected chi connectivity index (χ4v) is 2.40. The Kier molecular flexibility index (Phi) is 5.43. The number of aromatic nitrogens is 1. The molecule has 0 fully saturated rings. The average molecular weight is 351 g/mol. The van der Waals surface area contributed by atoms with Crippen LogP contribution in [0, 0.1) is 5.82 Å². The number of hydrogen-bond acceptors (Lipinski definition) is 4. The number of ether oxygens (including phenoxy) is 1. The van der Waals surface area contributed by atoms with Crippen molar-refractivity contribution in [1.29, 1.82) is 0 Å². The standard InChI is InChI=1S/C20H18FN3O2/c1-26-17-7-4-6-16(12-17)24-20(25)14-9-10-22-19(11-14)23-13-15-5-2-3-8-18(15)21/h2-12H,13H2,1H3,(H,22,23)(H,24,25). The van der Waals surface area contributed by atoms with Gasteiger partial charge in [0.1, 0.15) is 17.4 Å². The van der Waals surface area contributed by atoms with Gasteiger partial charge in [-0.3, -0.25) is 4.79 Å². The lowest BCUT2D eigenvalue weighted by Gasteiger charge is -2.09. The first-order valence-corrected chi connectivity index (χ1v) is 8.04. The number of methoxy groups -OCH3 is 1. The van der Waals surface area contributed by atoms with Crippen molar-refractivity contribution in [3.05, 3.63) is 83.8 Å². The number of rotatable bonds is 6. The summed E-state index contributed by atoms with van der Waals surface area (Å²) in [6.45, 7) is 0.278. The molecule has 0 spiro atoms. The first-order valence-electron chi connectivity index (χ1n) is 8.04. The quantitative estimate of drug-likeness (QED) is 0.702. The molecule has 0 radical (unpaired) electrons. The maximum absolute atomic E-state index is 13.7. The van der Waals surface area contributed by atoms with Crippen molar-refractivity contribution in [3.63, 3.8) is 0 Å². The van der Waals surface area contributed by atoms with E-state index in [9.17, 15) is 9.18 Å². The second-order valence-corrected chi connectivity index (χ2v) is 5.56. The van der Waals surface area contributed by atoms with E-state index in [1.54, 1.807) is 61.7 Å². The Morgan fingerprint density at radius 2 is 1.96 bits per heavy atom. The molecule has 0 saturated heterocycles. The highest BCUT2D eigenvalue weighted by molar-refractivity contribution is 6.04. The predicted octanol–water partition coefficient (Wildman–Crippen LogP) is 4.09. The van der Waals surface area contributed by atoms with Crippen LogP contribution in [-0.4, -0.2) is 18.0 Å². The number of nitrogens with zero attached hydrogens (tertiary/aromatic N) is 1. The van der Waals surface area contributed by atoms with E-state index in [0.29, 0.717) is 28.4 Å². The minimum atomic E-state index is -0.285. The summed E-state index contributed by atoms with van der Waals surface area (Å²) in [6, 6.07) is 16.8. The molecule has 0 aliphatic rings. The fourth-order valence-electron chi connectivity index (χ4n) is 2.40. The molecule has 5 nitrogen and oxygen atoms in total. The molecule has 26 heavy (non-hydrogen) atoms. The Balaban J connectivity index is 1.68. The first kappa shape index (κ1) is 17.4. The van der Waals surface area contributed by atoms with Gasteiger partial charge in [0.05, 0.1) is 7.11 Å². The second kappa shape index (κ2) is 8.11. The number of halogens is 1. The van der Waals surface area contributed by atoms with Gasteiger partial charge < -0.3 is 15.4 Å². The van der Waals surface area contributed by atoms with Crippen molar-refractivity contribution in [2.24, 2.45) is 0 Å². The van der Waals surface area contributed by atoms with E-state index in [-0.39, 0.29) is 18.3 Å². The van der Waals surface area contributed by atoms with Crippen LogP contribution < -0.4 is 15.4 Å². The number of benzene rings is 2. The Morgan fingerprint density at radius 3 is 2.77 bits per heavy atom. The van der Waals surface area contributed by atoms with E-state index in [1.807, 2.05) is 0 Å². The minimum Gasteiger partial charge on any atom is -0.497 e. The van der Waals surface area contributed by atoms with Crippen LogP contribution in [0.25, 0.3) is 0 Å². The van der Waals surface area contributed by atoms with Gasteiger partial charge in [-0.05, 0) is 30.3 Å². The molecular weight excluding hydrogens is 333 g/mol. The molecule has 3 aromatic rings. The SMILES string of the molecule is COc1cccc(NC(=O)c2ccnc(NCc3ccccc3F)c2)c1. The third-order valence-electron chi connectivity index (χ3n) is 3.77. The largest absolute Gasteiger partial charge is 0.497 e. The molecule has 1 aromatic heterocycles. The number of amides is 1. The molecule has 6 heteroatoms. The minimum absolute atomic E-state index is 0.269. The zero-order valence-electron chi connectivity index (χ0n) is 14.2. The monoisotopic (exact) mass is 351 g/mol. The van der Waals surface area contributed by atoms with Crippen LogP contribution >= 0.6 is 0 Å². The summed E-state index contributed by atoms with van der Waals surface area (Å²) in [6.07, 6.45) is 1.53. The van der Waals surface area contributed by atoms with Gasteiger partial charge in [-0.1, -0.05) is 24.3 Å². The summed E-state index contributed by atoms with van der Waals surface area (Å²) in [5, 5.41) is 5.84. The molecule has 3 rings (SSSR count). The molecule has 2 aromatic carbocycles. The van der Waals surface area contributed by atoms with Gasteiger partial charge >= 0.3 is 0 Å². The van der Waals surface area contributed by atoms with E-state index in [4.69, 9.17) is 4.74 Å². The highest BCUT2D eigenvalue weighted by Crippen LogP contribution is 2.18. The highest BCUT2D eigenvalue weighted by atomic mass is 19.1. The Labute approximate surface area is 150 Å². The number of carbonyl (C=O) groups is 1. The van der Waals surface area contributed by atoms with Crippen molar-refractivity contribution < 1.29 is 13.9 Å². The molecular formula is C20H18FN3O2. The number of pyridine rings is 1. The lowest BCUT2D eigenvalue weighted by atomic mass is 10.2. The van der Waals surface area contributed by atoms with Crippen molar-refractivity contribution in [3.8, 4) is 5.75 Å². The topological polar surface area (TPSA) is 63.2 Å². The van der Waals surface area contributed by atoms with Crippen LogP contribution in [0.1, 0.15) is 15.9 Å². The van der Waals surface area contributed by atoms with Crippen LogP contribution in [0.3, 0.4) is 0 Å². The Bertz CT molecular complexity index is 915. The van der Waals surface area contributed by atoms with Crippen molar-refractivity contribution in [1.82, 2.24) is 4.98 Å².